The molecule has 0 amide bonds. The zero-order valence-electron chi connectivity index (χ0n) is 6.05. The lowest BCUT2D eigenvalue weighted by Gasteiger charge is -2.17. The summed E-state index contributed by atoms with van der Waals surface area (Å²) in [7, 11) is 1.37. The van der Waals surface area contributed by atoms with Gasteiger partial charge in [0.05, 0.1) is 13.0 Å². The fourth-order valence-corrected chi connectivity index (χ4v) is 1.80. The van der Waals surface area contributed by atoms with E-state index in [2.05, 4.69) is 4.74 Å². The SMILES string of the molecule is COC(=O)C1(C)CSCO1. The second kappa shape index (κ2) is 2.80. The first-order valence-corrected chi connectivity index (χ1v) is 4.14. The fraction of sp³-hybridized carbons (Fsp3) is 0.833. The van der Waals surface area contributed by atoms with E-state index >= 15 is 0 Å². The molecule has 1 aliphatic heterocycles. The lowest BCUT2D eigenvalue weighted by Crippen LogP contribution is -2.38. The van der Waals surface area contributed by atoms with Crippen LogP contribution < -0.4 is 0 Å². The van der Waals surface area contributed by atoms with Crippen LogP contribution in [0.25, 0.3) is 0 Å². The maximum atomic E-state index is 11.0. The second-order valence-corrected chi connectivity index (χ2v) is 3.27. The zero-order valence-corrected chi connectivity index (χ0v) is 6.86. The third kappa shape index (κ3) is 1.27. The lowest BCUT2D eigenvalue weighted by molar-refractivity contribution is -0.160. The van der Waals surface area contributed by atoms with Gasteiger partial charge in [-0.3, -0.25) is 0 Å². The Kier molecular flexibility index (Phi) is 2.21. The summed E-state index contributed by atoms with van der Waals surface area (Å²) in [5.41, 5.74) is -0.695. The topological polar surface area (TPSA) is 35.5 Å². The van der Waals surface area contributed by atoms with E-state index < -0.39 is 5.60 Å². The maximum Gasteiger partial charge on any atom is 0.338 e. The molecule has 1 aliphatic rings. The molecule has 1 atom stereocenters. The van der Waals surface area contributed by atoms with Crippen molar-refractivity contribution < 1.29 is 14.3 Å². The van der Waals surface area contributed by atoms with Crippen LogP contribution in [0.5, 0.6) is 0 Å². The average molecular weight is 162 g/mol. The molecule has 0 aromatic rings. The maximum absolute atomic E-state index is 11.0. The first-order valence-electron chi connectivity index (χ1n) is 2.99. The molecular weight excluding hydrogens is 152 g/mol. The summed E-state index contributed by atoms with van der Waals surface area (Å²) in [4.78, 5) is 11.0. The molecule has 4 heteroatoms. The number of hydrogen-bond donors (Lipinski definition) is 0. The predicted octanol–water partition coefficient (Wildman–Crippen LogP) is 0.639. The number of hydrogen-bond acceptors (Lipinski definition) is 4. The molecule has 0 aromatic heterocycles. The molecule has 1 rings (SSSR count). The highest BCUT2D eigenvalue weighted by molar-refractivity contribution is 7.99. The van der Waals surface area contributed by atoms with Gasteiger partial charge in [0.2, 0.25) is 0 Å². The third-order valence-electron chi connectivity index (χ3n) is 1.46. The molecule has 3 nitrogen and oxygen atoms in total. The van der Waals surface area contributed by atoms with Gasteiger partial charge in [0.15, 0.2) is 5.60 Å². The van der Waals surface area contributed by atoms with E-state index in [0.29, 0.717) is 11.7 Å². The normalized spacial score (nSPS) is 32.2. The van der Waals surface area contributed by atoms with Crippen LogP contribution >= 0.6 is 11.8 Å². The van der Waals surface area contributed by atoms with Crippen LogP contribution in [0.3, 0.4) is 0 Å². The number of methoxy groups -OCH3 is 1. The Morgan fingerprint density at radius 3 is 2.90 bits per heavy atom. The van der Waals surface area contributed by atoms with Gasteiger partial charge in [-0.05, 0) is 6.92 Å². The largest absolute Gasteiger partial charge is 0.467 e. The minimum Gasteiger partial charge on any atom is -0.467 e. The highest BCUT2D eigenvalue weighted by Crippen LogP contribution is 2.27. The summed E-state index contributed by atoms with van der Waals surface area (Å²) in [5.74, 6) is 1.00. The second-order valence-electron chi connectivity index (χ2n) is 2.33. The van der Waals surface area contributed by atoms with Gasteiger partial charge in [0.25, 0.3) is 0 Å². The van der Waals surface area contributed by atoms with Crippen molar-refractivity contribution in [2.24, 2.45) is 0 Å². The third-order valence-corrected chi connectivity index (χ3v) is 2.50. The van der Waals surface area contributed by atoms with E-state index in [9.17, 15) is 4.79 Å². The molecule has 0 aromatic carbocycles. The van der Waals surface area contributed by atoms with E-state index in [0.717, 1.165) is 0 Å². The van der Waals surface area contributed by atoms with Crippen molar-refractivity contribution in [2.75, 3.05) is 18.8 Å². The molecule has 1 fully saturated rings. The van der Waals surface area contributed by atoms with Crippen LogP contribution in [0.4, 0.5) is 0 Å². The standard InChI is InChI=1S/C6H10O3S/c1-6(5(7)8-2)3-10-4-9-6/h3-4H2,1-2H3. The summed E-state index contributed by atoms with van der Waals surface area (Å²) in [6.07, 6.45) is 0. The predicted molar refractivity (Wildman–Crippen MR) is 38.8 cm³/mol. The Bertz CT molecular complexity index is 140. The number of esters is 1. The van der Waals surface area contributed by atoms with Gasteiger partial charge >= 0.3 is 5.97 Å². The van der Waals surface area contributed by atoms with Crippen LogP contribution in [0, 0.1) is 0 Å². The molecule has 0 spiro atoms. The smallest absolute Gasteiger partial charge is 0.338 e. The Hall–Kier alpha value is -0.220. The Morgan fingerprint density at radius 2 is 2.50 bits per heavy atom. The van der Waals surface area contributed by atoms with E-state index in [-0.39, 0.29) is 5.97 Å². The van der Waals surface area contributed by atoms with Crippen LogP contribution in [-0.4, -0.2) is 30.4 Å². The number of carbonyl (C=O) groups excluding carboxylic acids is 1. The molecule has 0 bridgehead atoms. The highest BCUT2D eigenvalue weighted by Gasteiger charge is 2.39. The fourth-order valence-electron chi connectivity index (χ4n) is 0.784. The van der Waals surface area contributed by atoms with E-state index in [1.807, 2.05) is 0 Å². The molecule has 0 radical (unpaired) electrons. The van der Waals surface area contributed by atoms with Gasteiger partial charge in [-0.1, -0.05) is 0 Å². The molecule has 0 saturated carbocycles. The molecule has 1 heterocycles. The lowest BCUT2D eigenvalue weighted by atomic mass is 10.1. The number of thioether (sulfide) groups is 1. The molecule has 0 aliphatic carbocycles. The number of carbonyl (C=O) groups is 1. The average Bonchev–Trinajstić information content (AvgIpc) is 2.36. The van der Waals surface area contributed by atoms with Gasteiger partial charge in [-0.15, -0.1) is 11.8 Å². The Labute approximate surface area is 64.1 Å². The summed E-state index contributed by atoms with van der Waals surface area (Å²) in [5, 5.41) is 0. The van der Waals surface area contributed by atoms with Crippen molar-refractivity contribution in [3.05, 3.63) is 0 Å². The first-order chi connectivity index (χ1) is 4.69. The van der Waals surface area contributed by atoms with Crippen LogP contribution in [0.2, 0.25) is 0 Å². The summed E-state index contributed by atoms with van der Waals surface area (Å²) >= 11 is 1.60. The van der Waals surface area contributed by atoms with Crippen molar-refractivity contribution in [1.82, 2.24) is 0 Å². The van der Waals surface area contributed by atoms with Crippen LogP contribution in [0.15, 0.2) is 0 Å². The van der Waals surface area contributed by atoms with E-state index in [4.69, 9.17) is 4.74 Å². The zero-order chi connectivity index (χ0) is 7.61. The first kappa shape index (κ1) is 7.88. The van der Waals surface area contributed by atoms with Crippen molar-refractivity contribution >= 4 is 17.7 Å². The van der Waals surface area contributed by atoms with E-state index in [1.165, 1.54) is 7.11 Å². The Balaban J connectivity index is 2.58. The molecule has 1 saturated heterocycles. The minimum atomic E-state index is -0.695. The molecule has 1 unspecified atom stereocenters. The summed E-state index contributed by atoms with van der Waals surface area (Å²) in [6.45, 7) is 1.75. The van der Waals surface area contributed by atoms with Crippen LogP contribution in [0.1, 0.15) is 6.92 Å². The molecular formula is C6H10O3S. The van der Waals surface area contributed by atoms with Gasteiger partial charge in [0.1, 0.15) is 0 Å². The quantitative estimate of drug-likeness (QED) is 0.530. The van der Waals surface area contributed by atoms with E-state index in [1.54, 1.807) is 18.7 Å². The van der Waals surface area contributed by atoms with Crippen molar-refractivity contribution in [3.63, 3.8) is 0 Å². The van der Waals surface area contributed by atoms with Gasteiger partial charge in [0, 0.05) is 5.75 Å². The Morgan fingerprint density at radius 1 is 1.80 bits per heavy atom. The molecule has 10 heavy (non-hydrogen) atoms. The highest BCUT2D eigenvalue weighted by atomic mass is 32.2. The van der Waals surface area contributed by atoms with Gasteiger partial charge in [-0.2, -0.15) is 0 Å². The number of rotatable bonds is 1. The van der Waals surface area contributed by atoms with Crippen molar-refractivity contribution in [2.45, 2.75) is 12.5 Å². The van der Waals surface area contributed by atoms with Gasteiger partial charge < -0.3 is 9.47 Å². The monoisotopic (exact) mass is 162 g/mol. The summed E-state index contributed by atoms with van der Waals surface area (Å²) in [6, 6.07) is 0. The summed E-state index contributed by atoms with van der Waals surface area (Å²) < 4.78 is 9.74. The molecule has 0 N–H and O–H groups in total. The van der Waals surface area contributed by atoms with Crippen LogP contribution in [-0.2, 0) is 14.3 Å². The number of ether oxygens (including phenoxy) is 2. The molecule has 58 valence electrons. The van der Waals surface area contributed by atoms with Crippen molar-refractivity contribution in [1.29, 1.82) is 0 Å². The van der Waals surface area contributed by atoms with Gasteiger partial charge in [-0.25, -0.2) is 4.79 Å². The van der Waals surface area contributed by atoms with Crippen molar-refractivity contribution in [3.8, 4) is 0 Å². The minimum absolute atomic E-state index is 0.280.